The zero-order chi connectivity index (χ0) is 16.2. The number of halogens is 1. The fraction of sp³-hybridized carbons (Fsp3) is 0.312. The predicted octanol–water partition coefficient (Wildman–Crippen LogP) is 2.28. The number of carbonyl (C=O) groups excluding carboxylic acids is 1. The van der Waals surface area contributed by atoms with E-state index in [0.29, 0.717) is 23.1 Å². The monoisotopic (exact) mass is 332 g/mol. The number of nitrogens with two attached hydrogens (primary N) is 1. The number of benzene rings is 1. The molecule has 120 valence electrons. The van der Waals surface area contributed by atoms with Crippen LogP contribution in [0.1, 0.15) is 23.3 Å². The first-order valence-corrected chi connectivity index (χ1v) is 7.81. The van der Waals surface area contributed by atoms with Gasteiger partial charge in [0.25, 0.3) is 5.91 Å². The summed E-state index contributed by atoms with van der Waals surface area (Å²) in [7, 11) is 0. The van der Waals surface area contributed by atoms with Crippen molar-refractivity contribution in [3.05, 3.63) is 47.1 Å². The minimum Gasteiger partial charge on any atom is -0.487 e. The number of hydrogen-bond acceptors (Lipinski definition) is 5. The van der Waals surface area contributed by atoms with Crippen molar-refractivity contribution in [1.29, 1.82) is 0 Å². The van der Waals surface area contributed by atoms with Crippen molar-refractivity contribution >= 4 is 23.3 Å². The molecule has 6 nitrogen and oxygen atoms in total. The topological polar surface area (TPSA) is 81.3 Å². The maximum atomic E-state index is 11.0. The van der Waals surface area contributed by atoms with Gasteiger partial charge in [-0.1, -0.05) is 23.7 Å². The summed E-state index contributed by atoms with van der Waals surface area (Å²) in [5.74, 6) is 0.821. The molecule has 1 aliphatic rings. The molecule has 0 bridgehead atoms. The first-order chi connectivity index (χ1) is 11.1. The Morgan fingerprint density at radius 2 is 2.09 bits per heavy atom. The van der Waals surface area contributed by atoms with Crippen molar-refractivity contribution in [2.75, 3.05) is 18.0 Å². The molecule has 1 aromatic heterocycles. The van der Waals surface area contributed by atoms with Crippen molar-refractivity contribution in [3.63, 3.8) is 0 Å². The molecule has 1 fully saturated rings. The van der Waals surface area contributed by atoms with Crippen LogP contribution in [0.5, 0.6) is 5.75 Å². The molecule has 2 aromatic rings. The summed E-state index contributed by atoms with van der Waals surface area (Å²) in [5, 5.41) is 8.53. The van der Waals surface area contributed by atoms with E-state index in [4.69, 9.17) is 22.1 Å². The molecule has 0 saturated carbocycles. The Bertz CT molecular complexity index is 693. The second-order valence-corrected chi connectivity index (χ2v) is 5.81. The molecule has 23 heavy (non-hydrogen) atoms. The van der Waals surface area contributed by atoms with Crippen LogP contribution >= 0.6 is 11.6 Å². The van der Waals surface area contributed by atoms with Crippen molar-refractivity contribution < 1.29 is 9.53 Å². The Balaban J connectivity index is 1.68. The summed E-state index contributed by atoms with van der Waals surface area (Å²) >= 11 is 6.14. The highest BCUT2D eigenvalue weighted by Crippen LogP contribution is 2.27. The fourth-order valence-electron chi connectivity index (χ4n) is 2.59. The summed E-state index contributed by atoms with van der Waals surface area (Å²) in [6, 6.07) is 10.8. The van der Waals surface area contributed by atoms with Gasteiger partial charge in [-0.15, -0.1) is 10.2 Å². The third-order valence-corrected chi connectivity index (χ3v) is 4.05. The molecule has 0 radical (unpaired) electrons. The molecule has 2 N–H and O–H groups in total. The number of piperidine rings is 1. The lowest BCUT2D eigenvalue weighted by Gasteiger charge is -2.33. The molecule has 0 unspecified atom stereocenters. The third-order valence-electron chi connectivity index (χ3n) is 3.74. The predicted molar refractivity (Wildman–Crippen MR) is 87.9 cm³/mol. The summed E-state index contributed by atoms with van der Waals surface area (Å²) in [4.78, 5) is 13.1. The Labute approximate surface area is 139 Å². The van der Waals surface area contributed by atoms with E-state index in [-0.39, 0.29) is 11.8 Å². The van der Waals surface area contributed by atoms with Crippen LogP contribution in [-0.2, 0) is 0 Å². The number of hydrogen-bond donors (Lipinski definition) is 1. The lowest BCUT2D eigenvalue weighted by atomic mass is 10.1. The molecule has 2 heterocycles. The van der Waals surface area contributed by atoms with Crippen molar-refractivity contribution in [2.24, 2.45) is 5.73 Å². The second-order valence-electron chi connectivity index (χ2n) is 5.40. The SMILES string of the molecule is NC(=O)c1ccc(N2CCC[C@H](Oc3ccccc3Cl)C2)nn1. The first-order valence-electron chi connectivity index (χ1n) is 7.43. The molecule has 1 aliphatic heterocycles. The maximum absolute atomic E-state index is 11.0. The molecule has 1 atom stereocenters. The third kappa shape index (κ3) is 3.71. The average molecular weight is 333 g/mol. The minimum atomic E-state index is -0.581. The van der Waals surface area contributed by atoms with Crippen molar-refractivity contribution in [1.82, 2.24) is 10.2 Å². The Morgan fingerprint density at radius 1 is 1.26 bits per heavy atom. The largest absolute Gasteiger partial charge is 0.487 e. The van der Waals surface area contributed by atoms with Gasteiger partial charge in [-0.05, 0) is 37.1 Å². The molecule has 0 aliphatic carbocycles. The van der Waals surface area contributed by atoms with E-state index in [1.165, 1.54) is 0 Å². The number of carbonyl (C=O) groups is 1. The first kappa shape index (κ1) is 15.6. The van der Waals surface area contributed by atoms with E-state index >= 15 is 0 Å². The van der Waals surface area contributed by atoms with Crippen LogP contribution in [0, 0.1) is 0 Å². The molecule has 1 saturated heterocycles. The molecular formula is C16H17ClN4O2. The van der Waals surface area contributed by atoms with Gasteiger partial charge in [0, 0.05) is 6.54 Å². The van der Waals surface area contributed by atoms with E-state index in [2.05, 4.69) is 15.1 Å². The van der Waals surface area contributed by atoms with Crippen LogP contribution in [0.25, 0.3) is 0 Å². The summed E-state index contributed by atoms with van der Waals surface area (Å²) < 4.78 is 6.00. The van der Waals surface area contributed by atoms with E-state index in [1.54, 1.807) is 12.1 Å². The Morgan fingerprint density at radius 3 is 2.78 bits per heavy atom. The molecule has 1 aromatic carbocycles. The highest BCUT2D eigenvalue weighted by atomic mass is 35.5. The molecule has 0 spiro atoms. The van der Waals surface area contributed by atoms with Crippen LogP contribution in [0.15, 0.2) is 36.4 Å². The Kier molecular flexibility index (Phi) is 4.62. The van der Waals surface area contributed by atoms with Gasteiger partial charge in [0.2, 0.25) is 0 Å². The van der Waals surface area contributed by atoms with Crippen LogP contribution in [0.3, 0.4) is 0 Å². The number of aromatic nitrogens is 2. The van der Waals surface area contributed by atoms with Crippen LogP contribution in [0.4, 0.5) is 5.82 Å². The van der Waals surface area contributed by atoms with Gasteiger partial charge >= 0.3 is 0 Å². The summed E-state index contributed by atoms with van der Waals surface area (Å²) in [5.41, 5.74) is 5.34. The number of nitrogens with zero attached hydrogens (tertiary/aromatic N) is 3. The fourth-order valence-corrected chi connectivity index (χ4v) is 2.77. The number of amides is 1. The van der Waals surface area contributed by atoms with Crippen LogP contribution in [-0.4, -0.2) is 35.3 Å². The smallest absolute Gasteiger partial charge is 0.269 e. The van der Waals surface area contributed by atoms with Crippen molar-refractivity contribution in [3.8, 4) is 5.75 Å². The van der Waals surface area contributed by atoms with E-state index in [1.807, 2.05) is 24.3 Å². The standard InChI is InChI=1S/C16H17ClN4O2/c17-12-5-1-2-6-14(12)23-11-4-3-9-21(10-11)15-8-7-13(16(18)22)19-20-15/h1-2,5-8,11H,3-4,9-10H2,(H2,18,22)/t11-/m0/s1. The molecular weight excluding hydrogens is 316 g/mol. The number of anilines is 1. The molecule has 7 heteroatoms. The van der Waals surface area contributed by atoms with E-state index in [0.717, 1.165) is 19.4 Å². The summed E-state index contributed by atoms with van der Waals surface area (Å²) in [6.45, 7) is 1.56. The lowest BCUT2D eigenvalue weighted by molar-refractivity contribution is 0.0994. The minimum absolute atomic E-state index is 0.0290. The number of rotatable bonds is 4. The Hall–Kier alpha value is -2.34. The van der Waals surface area contributed by atoms with Gasteiger partial charge in [-0.2, -0.15) is 0 Å². The summed E-state index contributed by atoms with van der Waals surface area (Å²) in [6.07, 6.45) is 1.96. The number of para-hydroxylation sites is 1. The number of primary amides is 1. The van der Waals surface area contributed by atoms with Gasteiger partial charge in [-0.25, -0.2) is 0 Å². The molecule has 1 amide bonds. The average Bonchev–Trinajstić information content (AvgIpc) is 2.57. The van der Waals surface area contributed by atoms with Crippen molar-refractivity contribution in [2.45, 2.75) is 18.9 Å². The maximum Gasteiger partial charge on any atom is 0.269 e. The zero-order valence-electron chi connectivity index (χ0n) is 12.5. The van der Waals surface area contributed by atoms with Gasteiger partial charge < -0.3 is 15.4 Å². The normalized spacial score (nSPS) is 17.8. The molecule has 3 rings (SSSR count). The van der Waals surface area contributed by atoms with Gasteiger partial charge in [0.15, 0.2) is 11.5 Å². The van der Waals surface area contributed by atoms with Crippen LogP contribution < -0.4 is 15.4 Å². The highest BCUT2D eigenvalue weighted by Gasteiger charge is 2.23. The van der Waals surface area contributed by atoms with E-state index in [9.17, 15) is 4.79 Å². The zero-order valence-corrected chi connectivity index (χ0v) is 13.2. The number of ether oxygens (including phenoxy) is 1. The quantitative estimate of drug-likeness (QED) is 0.928. The van der Waals surface area contributed by atoms with E-state index < -0.39 is 5.91 Å². The lowest BCUT2D eigenvalue weighted by Crippen LogP contribution is -2.41. The van der Waals surface area contributed by atoms with Crippen LogP contribution in [0.2, 0.25) is 5.02 Å². The van der Waals surface area contributed by atoms with Gasteiger partial charge in [0.05, 0.1) is 11.6 Å². The van der Waals surface area contributed by atoms with Gasteiger partial charge in [0.1, 0.15) is 11.9 Å². The van der Waals surface area contributed by atoms with Gasteiger partial charge in [-0.3, -0.25) is 4.79 Å². The highest BCUT2D eigenvalue weighted by molar-refractivity contribution is 6.32. The second kappa shape index (κ2) is 6.83.